The predicted octanol–water partition coefficient (Wildman–Crippen LogP) is 1.78. The Bertz CT molecular complexity index is 265. The van der Waals surface area contributed by atoms with Crippen molar-refractivity contribution in [2.75, 3.05) is 5.73 Å². The van der Waals surface area contributed by atoms with Gasteiger partial charge in [0.15, 0.2) is 5.82 Å². The Morgan fingerprint density at radius 3 is 2.27 bits per heavy atom. The molecule has 1 aromatic heterocycles. The molecule has 0 fully saturated rings. The van der Waals surface area contributed by atoms with Gasteiger partial charge in [0.2, 0.25) is 0 Å². The van der Waals surface area contributed by atoms with Crippen LogP contribution >= 0.6 is 11.6 Å². The number of hydrogen-bond donors (Lipinski definition) is 1. The summed E-state index contributed by atoms with van der Waals surface area (Å²) in [6, 6.07) is 0. The van der Waals surface area contributed by atoms with Crippen LogP contribution < -0.4 is 5.73 Å². The van der Waals surface area contributed by atoms with Crippen molar-refractivity contribution in [1.29, 1.82) is 0 Å². The fourth-order valence-electron chi connectivity index (χ4n) is 1.16. The Balaban J connectivity index is 3.22. The highest BCUT2D eigenvalue weighted by atomic mass is 35.5. The lowest BCUT2D eigenvalue weighted by molar-refractivity contribution is 0.671. The van der Waals surface area contributed by atoms with Crippen molar-refractivity contribution in [3.63, 3.8) is 0 Å². The van der Waals surface area contributed by atoms with E-state index in [-0.39, 0.29) is 0 Å². The van der Waals surface area contributed by atoms with Crippen molar-refractivity contribution in [2.24, 2.45) is 7.05 Å². The molecule has 11 heavy (non-hydrogen) atoms. The summed E-state index contributed by atoms with van der Waals surface area (Å²) in [6.45, 7) is 4.12. The molecule has 1 heterocycles. The first-order valence-corrected chi connectivity index (χ1v) is 3.89. The summed E-state index contributed by atoms with van der Waals surface area (Å²) in [5.74, 6) is 0.773. The Morgan fingerprint density at radius 1 is 1.55 bits per heavy atom. The number of aromatic nitrogens is 2. The maximum Gasteiger partial charge on any atom is 0.164 e. The molecule has 2 N–H and O–H groups in total. The second-order valence-electron chi connectivity index (χ2n) is 2.86. The van der Waals surface area contributed by atoms with Crippen molar-refractivity contribution in [2.45, 2.75) is 19.8 Å². The van der Waals surface area contributed by atoms with Crippen LogP contribution in [0.5, 0.6) is 0 Å². The molecule has 0 spiro atoms. The van der Waals surface area contributed by atoms with Gasteiger partial charge in [0, 0.05) is 7.05 Å². The molecular formula is C7H12ClN3. The highest BCUT2D eigenvalue weighted by Crippen LogP contribution is 2.27. The molecule has 1 aromatic rings. The summed E-state index contributed by atoms with van der Waals surface area (Å²) in [4.78, 5) is 0. The summed E-state index contributed by atoms with van der Waals surface area (Å²) in [7, 11) is 1.84. The van der Waals surface area contributed by atoms with E-state index in [0.717, 1.165) is 5.69 Å². The summed E-state index contributed by atoms with van der Waals surface area (Å²) in [6.07, 6.45) is 0. The van der Waals surface area contributed by atoms with Gasteiger partial charge in [-0.25, -0.2) is 0 Å². The molecule has 3 nitrogen and oxygen atoms in total. The van der Waals surface area contributed by atoms with Gasteiger partial charge in [0.1, 0.15) is 5.02 Å². The lowest BCUT2D eigenvalue weighted by Crippen LogP contribution is -1.99. The fraction of sp³-hybridized carbons (Fsp3) is 0.571. The van der Waals surface area contributed by atoms with Gasteiger partial charge in [-0.15, -0.1) is 0 Å². The summed E-state index contributed by atoms with van der Waals surface area (Å²) >= 11 is 5.90. The maximum atomic E-state index is 5.90. The minimum Gasteiger partial charge on any atom is -0.381 e. The van der Waals surface area contributed by atoms with Gasteiger partial charge in [-0.2, -0.15) is 5.10 Å². The summed E-state index contributed by atoms with van der Waals surface area (Å²) < 4.78 is 1.72. The quantitative estimate of drug-likeness (QED) is 0.704. The molecule has 0 atom stereocenters. The third-order valence-corrected chi connectivity index (χ3v) is 1.99. The Labute approximate surface area is 71.1 Å². The van der Waals surface area contributed by atoms with Crippen LogP contribution in [0.1, 0.15) is 25.5 Å². The monoisotopic (exact) mass is 173 g/mol. The van der Waals surface area contributed by atoms with Gasteiger partial charge < -0.3 is 5.73 Å². The van der Waals surface area contributed by atoms with Crippen molar-refractivity contribution in [3.8, 4) is 0 Å². The number of rotatable bonds is 1. The lowest BCUT2D eigenvalue weighted by atomic mass is 10.1. The van der Waals surface area contributed by atoms with Gasteiger partial charge in [0.25, 0.3) is 0 Å². The largest absolute Gasteiger partial charge is 0.381 e. The second-order valence-corrected chi connectivity index (χ2v) is 3.24. The van der Waals surface area contributed by atoms with Crippen molar-refractivity contribution >= 4 is 17.4 Å². The van der Waals surface area contributed by atoms with E-state index in [1.165, 1.54) is 0 Å². The standard InChI is InChI=1S/C7H12ClN3/c1-4(2)6-5(8)7(9)10-11(6)3/h4H,1-3H3,(H2,9,10). The lowest BCUT2D eigenvalue weighted by Gasteiger charge is -2.04. The van der Waals surface area contributed by atoms with E-state index < -0.39 is 0 Å². The molecule has 0 unspecified atom stereocenters. The van der Waals surface area contributed by atoms with Gasteiger partial charge in [-0.1, -0.05) is 25.4 Å². The van der Waals surface area contributed by atoms with Crippen LogP contribution in [0.25, 0.3) is 0 Å². The Kier molecular flexibility index (Phi) is 2.09. The highest BCUT2D eigenvalue weighted by Gasteiger charge is 2.13. The van der Waals surface area contributed by atoms with Gasteiger partial charge in [0.05, 0.1) is 5.69 Å². The molecule has 0 aliphatic rings. The highest BCUT2D eigenvalue weighted by molar-refractivity contribution is 6.33. The van der Waals surface area contributed by atoms with Crippen LogP contribution in [0.15, 0.2) is 0 Å². The average Bonchev–Trinajstić information content (AvgIpc) is 2.07. The van der Waals surface area contributed by atoms with E-state index in [9.17, 15) is 0 Å². The summed E-state index contributed by atoms with van der Waals surface area (Å²) in [5.41, 5.74) is 6.51. The minimum absolute atomic E-state index is 0.359. The third kappa shape index (κ3) is 1.33. The second kappa shape index (κ2) is 2.74. The van der Waals surface area contributed by atoms with Crippen LogP contribution in [-0.4, -0.2) is 9.78 Å². The molecule has 1 rings (SSSR count). The number of nitrogens with two attached hydrogens (primary N) is 1. The van der Waals surface area contributed by atoms with Crippen molar-refractivity contribution in [1.82, 2.24) is 9.78 Å². The van der Waals surface area contributed by atoms with Gasteiger partial charge in [-0.05, 0) is 5.92 Å². The molecule has 0 radical (unpaired) electrons. The Hall–Kier alpha value is -0.700. The summed E-state index contributed by atoms with van der Waals surface area (Å²) in [5, 5.41) is 4.58. The number of nitrogens with zero attached hydrogens (tertiary/aromatic N) is 2. The van der Waals surface area contributed by atoms with E-state index in [1.54, 1.807) is 4.68 Å². The van der Waals surface area contributed by atoms with Crippen LogP contribution in [0.2, 0.25) is 5.02 Å². The average molecular weight is 174 g/mol. The third-order valence-electron chi connectivity index (χ3n) is 1.60. The molecule has 0 aromatic carbocycles. The normalized spacial score (nSPS) is 11.0. The molecule has 0 bridgehead atoms. The van der Waals surface area contributed by atoms with E-state index in [2.05, 4.69) is 18.9 Å². The van der Waals surface area contributed by atoms with Crippen LogP contribution in [0, 0.1) is 0 Å². The minimum atomic E-state index is 0.359. The first-order chi connectivity index (χ1) is 5.04. The maximum absolute atomic E-state index is 5.90. The SMILES string of the molecule is CC(C)c1c(Cl)c(N)nn1C. The van der Waals surface area contributed by atoms with Crippen molar-refractivity contribution < 1.29 is 0 Å². The number of halogens is 1. The Morgan fingerprint density at radius 2 is 2.09 bits per heavy atom. The smallest absolute Gasteiger partial charge is 0.164 e. The van der Waals surface area contributed by atoms with E-state index in [4.69, 9.17) is 17.3 Å². The van der Waals surface area contributed by atoms with Crippen LogP contribution in [0.4, 0.5) is 5.82 Å². The van der Waals surface area contributed by atoms with E-state index >= 15 is 0 Å². The van der Waals surface area contributed by atoms with Crippen LogP contribution in [0.3, 0.4) is 0 Å². The number of hydrogen-bond acceptors (Lipinski definition) is 2. The van der Waals surface area contributed by atoms with Gasteiger partial charge in [-0.3, -0.25) is 4.68 Å². The van der Waals surface area contributed by atoms with Crippen molar-refractivity contribution in [3.05, 3.63) is 10.7 Å². The molecule has 0 aliphatic carbocycles. The zero-order valence-corrected chi connectivity index (χ0v) is 7.68. The molecular weight excluding hydrogens is 162 g/mol. The number of aryl methyl sites for hydroxylation is 1. The fourth-order valence-corrected chi connectivity index (χ4v) is 1.54. The van der Waals surface area contributed by atoms with Gasteiger partial charge >= 0.3 is 0 Å². The molecule has 0 saturated carbocycles. The van der Waals surface area contributed by atoms with Crippen LogP contribution in [-0.2, 0) is 7.05 Å². The molecule has 4 heteroatoms. The zero-order valence-electron chi connectivity index (χ0n) is 6.93. The molecule has 62 valence electrons. The van der Waals surface area contributed by atoms with E-state index in [1.807, 2.05) is 7.05 Å². The molecule has 0 saturated heterocycles. The topological polar surface area (TPSA) is 43.8 Å². The molecule has 0 amide bonds. The number of nitrogen functional groups attached to an aromatic ring is 1. The first-order valence-electron chi connectivity index (χ1n) is 3.52. The number of anilines is 1. The first kappa shape index (κ1) is 8.40. The zero-order chi connectivity index (χ0) is 8.59. The molecule has 0 aliphatic heterocycles. The van der Waals surface area contributed by atoms with E-state index in [0.29, 0.717) is 16.8 Å². The predicted molar refractivity (Wildman–Crippen MR) is 46.7 cm³/mol.